The Morgan fingerprint density at radius 3 is 2.25 bits per heavy atom. The first-order valence-corrected chi connectivity index (χ1v) is 12.6. The maximum Gasteiger partial charge on any atom is 0.253 e. The number of piperidine rings is 1. The number of rotatable bonds is 9. The number of likely N-dealkylation sites (tertiary alicyclic amines) is 1. The topological polar surface area (TPSA) is 63.7 Å². The van der Waals surface area contributed by atoms with Crippen molar-refractivity contribution in [2.45, 2.75) is 46.2 Å². The number of hydrogen-bond acceptors (Lipinski definition) is 5. The number of amides is 1. The number of nitrogens with one attached hydrogen (secondary N) is 1. The summed E-state index contributed by atoms with van der Waals surface area (Å²) in [6.07, 6.45) is 5.12. The third-order valence-electron chi connectivity index (χ3n) is 6.32. The minimum atomic E-state index is -0.276. The van der Waals surface area contributed by atoms with Crippen molar-refractivity contribution in [3.63, 3.8) is 0 Å². The Balaban J connectivity index is 1.44. The molecule has 1 aliphatic rings. The summed E-state index contributed by atoms with van der Waals surface area (Å²) in [4.78, 5) is 19.1. The summed E-state index contributed by atoms with van der Waals surface area (Å²) in [5, 5.41) is 3.16. The van der Waals surface area contributed by atoms with E-state index in [1.807, 2.05) is 26.8 Å². The van der Waals surface area contributed by atoms with Crippen LogP contribution >= 0.6 is 0 Å². The number of aromatic nitrogens is 1. The van der Waals surface area contributed by atoms with Crippen LogP contribution in [-0.2, 0) is 6.54 Å². The highest BCUT2D eigenvalue weighted by molar-refractivity contribution is 5.94. The van der Waals surface area contributed by atoms with E-state index in [9.17, 15) is 9.18 Å². The molecule has 190 valence electrons. The number of benzene rings is 2. The predicted molar refractivity (Wildman–Crippen MR) is 139 cm³/mol. The SMILES string of the molecule is CCOc1cc(CN2CCC(NC(=O)c3cncc(C)c3)CC2)cc(OCC)c1-c1ccc(F)cc1. The van der Waals surface area contributed by atoms with E-state index in [4.69, 9.17) is 9.47 Å². The number of carbonyl (C=O) groups excluding carboxylic acids is 1. The van der Waals surface area contributed by atoms with Crippen molar-refractivity contribution in [1.82, 2.24) is 15.2 Å². The number of nitrogens with zero attached hydrogens (tertiary/aromatic N) is 2. The zero-order valence-corrected chi connectivity index (χ0v) is 21.2. The van der Waals surface area contributed by atoms with Gasteiger partial charge < -0.3 is 14.8 Å². The van der Waals surface area contributed by atoms with E-state index in [2.05, 4.69) is 27.3 Å². The molecule has 1 amide bonds. The zero-order chi connectivity index (χ0) is 25.5. The number of carbonyl (C=O) groups is 1. The Hall–Kier alpha value is -3.45. The van der Waals surface area contributed by atoms with E-state index in [0.29, 0.717) is 18.8 Å². The van der Waals surface area contributed by atoms with Crippen LogP contribution < -0.4 is 14.8 Å². The van der Waals surface area contributed by atoms with Gasteiger partial charge in [-0.1, -0.05) is 12.1 Å². The van der Waals surface area contributed by atoms with Crippen LogP contribution in [0.5, 0.6) is 11.5 Å². The van der Waals surface area contributed by atoms with Gasteiger partial charge in [0.15, 0.2) is 0 Å². The Kier molecular flexibility index (Phi) is 8.54. The summed E-state index contributed by atoms with van der Waals surface area (Å²) < 4.78 is 25.5. The smallest absolute Gasteiger partial charge is 0.253 e. The first kappa shape index (κ1) is 25.6. The molecular weight excluding hydrogens is 457 g/mol. The van der Waals surface area contributed by atoms with Crippen LogP contribution in [0, 0.1) is 12.7 Å². The molecule has 1 saturated heterocycles. The molecule has 1 N–H and O–H groups in total. The van der Waals surface area contributed by atoms with Crippen molar-refractivity contribution < 1.29 is 18.7 Å². The highest BCUT2D eigenvalue weighted by atomic mass is 19.1. The van der Waals surface area contributed by atoms with E-state index < -0.39 is 0 Å². The molecule has 7 heteroatoms. The van der Waals surface area contributed by atoms with Crippen LogP contribution in [0.2, 0.25) is 0 Å². The van der Waals surface area contributed by atoms with E-state index in [0.717, 1.165) is 66.2 Å². The average Bonchev–Trinajstić information content (AvgIpc) is 2.86. The minimum absolute atomic E-state index is 0.0660. The molecule has 36 heavy (non-hydrogen) atoms. The second-order valence-electron chi connectivity index (χ2n) is 9.11. The Labute approximate surface area is 212 Å². The number of pyridine rings is 1. The van der Waals surface area contributed by atoms with Crippen molar-refractivity contribution in [3.05, 3.63) is 77.4 Å². The van der Waals surface area contributed by atoms with Crippen molar-refractivity contribution in [2.24, 2.45) is 0 Å². The summed E-state index contributed by atoms with van der Waals surface area (Å²) in [6.45, 7) is 9.39. The van der Waals surface area contributed by atoms with Crippen molar-refractivity contribution in [1.29, 1.82) is 0 Å². The second-order valence-corrected chi connectivity index (χ2v) is 9.11. The van der Waals surface area contributed by atoms with Crippen LogP contribution in [0.25, 0.3) is 11.1 Å². The van der Waals surface area contributed by atoms with Gasteiger partial charge in [-0.25, -0.2) is 4.39 Å². The monoisotopic (exact) mass is 491 g/mol. The number of aryl methyl sites for hydroxylation is 1. The molecule has 1 fully saturated rings. The van der Waals surface area contributed by atoms with Gasteiger partial charge in [0.05, 0.1) is 24.3 Å². The van der Waals surface area contributed by atoms with E-state index >= 15 is 0 Å². The van der Waals surface area contributed by atoms with Crippen LogP contribution in [0.4, 0.5) is 4.39 Å². The lowest BCUT2D eigenvalue weighted by atomic mass is 9.99. The molecule has 0 radical (unpaired) electrons. The minimum Gasteiger partial charge on any atom is -0.493 e. The largest absolute Gasteiger partial charge is 0.493 e. The highest BCUT2D eigenvalue weighted by Crippen LogP contribution is 2.40. The molecule has 1 aliphatic heterocycles. The average molecular weight is 492 g/mol. The summed E-state index contributed by atoms with van der Waals surface area (Å²) in [6, 6.07) is 12.5. The predicted octanol–water partition coefficient (Wildman–Crippen LogP) is 5.39. The van der Waals surface area contributed by atoms with Gasteiger partial charge in [0.2, 0.25) is 0 Å². The fraction of sp³-hybridized carbons (Fsp3) is 0.379. The van der Waals surface area contributed by atoms with Gasteiger partial charge in [-0.05, 0) is 80.6 Å². The van der Waals surface area contributed by atoms with Gasteiger partial charge in [0, 0.05) is 38.1 Å². The molecule has 2 aromatic carbocycles. The third kappa shape index (κ3) is 6.40. The van der Waals surface area contributed by atoms with Crippen molar-refractivity contribution in [3.8, 4) is 22.6 Å². The Morgan fingerprint density at radius 2 is 1.67 bits per heavy atom. The van der Waals surface area contributed by atoms with Gasteiger partial charge in [-0.15, -0.1) is 0 Å². The maximum absolute atomic E-state index is 13.5. The summed E-state index contributed by atoms with van der Waals surface area (Å²) in [5.74, 6) is 1.13. The molecule has 0 atom stereocenters. The third-order valence-corrected chi connectivity index (χ3v) is 6.32. The van der Waals surface area contributed by atoms with E-state index in [-0.39, 0.29) is 17.8 Å². The zero-order valence-electron chi connectivity index (χ0n) is 21.2. The summed E-state index contributed by atoms with van der Waals surface area (Å²) in [7, 11) is 0. The van der Waals surface area contributed by atoms with Crippen LogP contribution in [0.1, 0.15) is 48.2 Å². The van der Waals surface area contributed by atoms with Gasteiger partial charge in [-0.2, -0.15) is 0 Å². The molecule has 0 spiro atoms. The maximum atomic E-state index is 13.5. The van der Waals surface area contributed by atoms with Gasteiger partial charge in [0.25, 0.3) is 5.91 Å². The summed E-state index contributed by atoms with van der Waals surface area (Å²) >= 11 is 0. The van der Waals surface area contributed by atoms with Crippen molar-refractivity contribution in [2.75, 3.05) is 26.3 Å². The fourth-order valence-electron chi connectivity index (χ4n) is 4.62. The lowest BCUT2D eigenvalue weighted by Gasteiger charge is -2.32. The molecule has 6 nitrogen and oxygen atoms in total. The standard InChI is InChI=1S/C29H34FN3O3/c1-4-35-26-15-21(16-27(36-5-2)28(26)22-6-8-24(30)9-7-22)19-33-12-10-25(11-13-33)32-29(34)23-14-20(3)17-31-18-23/h6-9,14-18,25H,4-5,10-13,19H2,1-3H3,(H,32,34). The van der Waals surface area contributed by atoms with Gasteiger partial charge in [-0.3, -0.25) is 14.7 Å². The molecular formula is C29H34FN3O3. The molecule has 3 aromatic rings. The van der Waals surface area contributed by atoms with Crippen LogP contribution in [0.15, 0.2) is 54.9 Å². The molecule has 4 rings (SSSR count). The molecule has 0 aliphatic carbocycles. The normalized spacial score (nSPS) is 14.4. The second kappa shape index (κ2) is 12.0. The lowest BCUT2D eigenvalue weighted by molar-refractivity contribution is 0.0908. The molecule has 1 aromatic heterocycles. The molecule has 0 unspecified atom stereocenters. The Morgan fingerprint density at radius 1 is 1.03 bits per heavy atom. The molecule has 0 bridgehead atoms. The number of hydrogen-bond donors (Lipinski definition) is 1. The van der Waals surface area contributed by atoms with E-state index in [1.54, 1.807) is 24.5 Å². The lowest BCUT2D eigenvalue weighted by Crippen LogP contribution is -2.44. The molecule has 2 heterocycles. The van der Waals surface area contributed by atoms with Crippen molar-refractivity contribution >= 4 is 5.91 Å². The quantitative estimate of drug-likeness (QED) is 0.435. The first-order chi connectivity index (χ1) is 17.5. The van der Waals surface area contributed by atoms with Crippen LogP contribution in [-0.4, -0.2) is 48.1 Å². The first-order valence-electron chi connectivity index (χ1n) is 12.6. The highest BCUT2D eigenvalue weighted by Gasteiger charge is 2.23. The van der Waals surface area contributed by atoms with Gasteiger partial charge in [0.1, 0.15) is 17.3 Å². The molecule has 0 saturated carbocycles. The number of halogens is 1. The van der Waals surface area contributed by atoms with E-state index in [1.165, 1.54) is 12.1 Å². The summed E-state index contributed by atoms with van der Waals surface area (Å²) in [5.41, 5.74) is 4.37. The fourth-order valence-corrected chi connectivity index (χ4v) is 4.62. The van der Waals surface area contributed by atoms with Gasteiger partial charge >= 0.3 is 0 Å². The van der Waals surface area contributed by atoms with Crippen LogP contribution in [0.3, 0.4) is 0 Å². The number of ether oxygens (including phenoxy) is 2. The Bertz CT molecular complexity index is 1150.